The average Bonchev–Trinajstić information content (AvgIpc) is 3.28. The Morgan fingerprint density at radius 2 is 1.93 bits per heavy atom. The zero-order chi connectivity index (χ0) is 19.5. The second-order valence-electron chi connectivity index (χ2n) is 6.46. The van der Waals surface area contributed by atoms with Gasteiger partial charge in [-0.1, -0.05) is 6.07 Å². The minimum atomic E-state index is -0.0199. The zero-order valence-corrected chi connectivity index (χ0v) is 16.6. The summed E-state index contributed by atoms with van der Waals surface area (Å²) in [5.41, 5.74) is 1.25. The van der Waals surface area contributed by atoms with Gasteiger partial charge in [-0.15, -0.1) is 11.8 Å². The Labute approximate surface area is 167 Å². The van der Waals surface area contributed by atoms with Crippen LogP contribution in [0.1, 0.15) is 16.1 Å². The third kappa shape index (κ3) is 3.60. The molecule has 1 amide bonds. The highest BCUT2D eigenvalue weighted by Crippen LogP contribution is 2.26. The molecule has 28 heavy (non-hydrogen) atoms. The van der Waals surface area contributed by atoms with E-state index in [0.29, 0.717) is 41.0 Å². The van der Waals surface area contributed by atoms with E-state index in [0.717, 1.165) is 18.9 Å². The Kier molecular flexibility index (Phi) is 5.29. The Balaban J connectivity index is 1.54. The van der Waals surface area contributed by atoms with Gasteiger partial charge < -0.3 is 14.2 Å². The Bertz CT molecular complexity index is 954. The number of anilines is 1. The highest BCUT2D eigenvalue weighted by atomic mass is 32.2. The van der Waals surface area contributed by atoms with Crippen molar-refractivity contribution in [3.63, 3.8) is 0 Å². The van der Waals surface area contributed by atoms with Gasteiger partial charge in [0.05, 0.1) is 17.5 Å². The van der Waals surface area contributed by atoms with Crippen molar-refractivity contribution in [2.45, 2.75) is 11.9 Å². The highest BCUT2D eigenvalue weighted by Gasteiger charge is 2.27. The number of pyridine rings is 1. The largest absolute Gasteiger partial charge is 0.461 e. The van der Waals surface area contributed by atoms with E-state index in [4.69, 9.17) is 4.42 Å². The monoisotopic (exact) mass is 395 g/mol. The van der Waals surface area contributed by atoms with E-state index in [1.807, 2.05) is 42.3 Å². The lowest BCUT2D eigenvalue weighted by molar-refractivity contribution is 0.0741. The van der Waals surface area contributed by atoms with Crippen molar-refractivity contribution >= 4 is 23.5 Å². The molecule has 0 spiro atoms. The molecule has 0 aromatic carbocycles. The van der Waals surface area contributed by atoms with Crippen LogP contribution in [0.25, 0.3) is 11.6 Å². The molecule has 8 heteroatoms. The summed E-state index contributed by atoms with van der Waals surface area (Å²) < 4.78 is 5.40. The molecule has 3 aromatic heterocycles. The average molecular weight is 395 g/mol. The quantitative estimate of drug-likeness (QED) is 0.496. The van der Waals surface area contributed by atoms with Crippen molar-refractivity contribution in [2.24, 2.45) is 0 Å². The molecule has 0 radical (unpaired) electrons. The number of carbonyl (C=O) groups is 1. The number of furan rings is 1. The Hall–Kier alpha value is -2.87. The fourth-order valence-corrected chi connectivity index (χ4v) is 3.91. The number of rotatable bonds is 4. The summed E-state index contributed by atoms with van der Waals surface area (Å²) in [5, 5.41) is 0.677. The summed E-state index contributed by atoms with van der Waals surface area (Å²) in [4.78, 5) is 30.8. The summed E-state index contributed by atoms with van der Waals surface area (Å²) in [5.74, 6) is 2.03. The van der Waals surface area contributed by atoms with Crippen LogP contribution in [-0.2, 0) is 0 Å². The molecule has 0 bridgehead atoms. The lowest BCUT2D eigenvalue weighted by Crippen LogP contribution is -2.49. The lowest BCUT2D eigenvalue weighted by atomic mass is 10.2. The van der Waals surface area contributed by atoms with E-state index in [-0.39, 0.29) is 5.91 Å². The third-order valence-electron chi connectivity index (χ3n) is 4.75. The summed E-state index contributed by atoms with van der Waals surface area (Å²) >= 11 is 1.45. The molecule has 0 saturated carbocycles. The lowest BCUT2D eigenvalue weighted by Gasteiger charge is -2.35. The van der Waals surface area contributed by atoms with E-state index < -0.39 is 0 Å². The van der Waals surface area contributed by atoms with E-state index in [1.165, 1.54) is 11.8 Å². The van der Waals surface area contributed by atoms with Gasteiger partial charge >= 0.3 is 0 Å². The van der Waals surface area contributed by atoms with Gasteiger partial charge in [0.2, 0.25) is 0 Å². The van der Waals surface area contributed by atoms with E-state index in [2.05, 4.69) is 19.9 Å². The molecule has 0 aliphatic carbocycles. The third-order valence-corrected chi connectivity index (χ3v) is 5.43. The maximum absolute atomic E-state index is 13.2. The van der Waals surface area contributed by atoms with Gasteiger partial charge in [-0.3, -0.25) is 4.79 Å². The molecule has 3 aromatic rings. The zero-order valence-electron chi connectivity index (χ0n) is 15.8. The van der Waals surface area contributed by atoms with Gasteiger partial charge in [-0.2, -0.15) is 0 Å². The normalized spacial score (nSPS) is 14.4. The number of amides is 1. The van der Waals surface area contributed by atoms with Crippen LogP contribution in [0.4, 0.5) is 5.82 Å². The van der Waals surface area contributed by atoms with Crippen LogP contribution in [-0.4, -0.2) is 58.2 Å². The molecule has 1 aliphatic rings. The SMILES string of the molecule is CSc1nc(-c2ccco2)nc(C)c1C(=O)N1CCN(c2ccccn2)CC1. The second kappa shape index (κ2) is 8.02. The van der Waals surface area contributed by atoms with E-state index >= 15 is 0 Å². The molecular weight excluding hydrogens is 374 g/mol. The molecule has 0 N–H and O–H groups in total. The van der Waals surface area contributed by atoms with Gasteiger partial charge in [-0.05, 0) is 37.4 Å². The number of hydrogen-bond donors (Lipinski definition) is 0. The van der Waals surface area contributed by atoms with Crippen molar-refractivity contribution in [1.29, 1.82) is 0 Å². The molecule has 4 rings (SSSR count). The summed E-state index contributed by atoms with van der Waals surface area (Å²) in [6, 6.07) is 9.49. The Morgan fingerprint density at radius 1 is 1.11 bits per heavy atom. The molecule has 7 nitrogen and oxygen atoms in total. The number of aryl methyl sites for hydroxylation is 1. The van der Waals surface area contributed by atoms with Crippen LogP contribution in [0.3, 0.4) is 0 Å². The molecule has 0 atom stereocenters. The second-order valence-corrected chi connectivity index (χ2v) is 7.26. The van der Waals surface area contributed by atoms with Crippen LogP contribution in [0.15, 0.2) is 52.2 Å². The standard InChI is InChI=1S/C20H21N5O2S/c1-14-17(19(28-2)23-18(22-14)15-6-5-13-27-15)20(26)25-11-9-24(10-12-25)16-7-3-4-8-21-16/h3-8,13H,9-12H2,1-2H3. The van der Waals surface area contributed by atoms with Crippen LogP contribution in [0.2, 0.25) is 0 Å². The number of hydrogen-bond acceptors (Lipinski definition) is 7. The van der Waals surface area contributed by atoms with Gasteiger partial charge in [0.25, 0.3) is 5.91 Å². The number of aromatic nitrogens is 3. The fraction of sp³-hybridized carbons (Fsp3) is 0.300. The summed E-state index contributed by atoms with van der Waals surface area (Å²) in [7, 11) is 0. The maximum Gasteiger partial charge on any atom is 0.258 e. The number of piperazine rings is 1. The van der Waals surface area contributed by atoms with Gasteiger partial charge in [-0.25, -0.2) is 15.0 Å². The first kappa shape index (κ1) is 18.5. The molecule has 1 saturated heterocycles. The maximum atomic E-state index is 13.2. The minimum Gasteiger partial charge on any atom is -0.461 e. The number of thioether (sulfide) groups is 1. The topological polar surface area (TPSA) is 75.4 Å². The predicted octanol–water partition coefficient (Wildman–Crippen LogP) is 3.12. The Morgan fingerprint density at radius 3 is 2.57 bits per heavy atom. The first-order valence-electron chi connectivity index (χ1n) is 9.09. The van der Waals surface area contributed by atoms with Gasteiger partial charge in [0.15, 0.2) is 11.6 Å². The smallest absolute Gasteiger partial charge is 0.258 e. The van der Waals surface area contributed by atoms with Crippen LogP contribution < -0.4 is 4.90 Å². The predicted molar refractivity (Wildman–Crippen MR) is 109 cm³/mol. The first-order valence-corrected chi connectivity index (χ1v) is 10.3. The van der Waals surface area contributed by atoms with E-state index in [9.17, 15) is 4.79 Å². The molecule has 0 unspecified atom stereocenters. The van der Waals surface area contributed by atoms with Crippen molar-refractivity contribution in [3.8, 4) is 11.6 Å². The molecule has 1 aliphatic heterocycles. The van der Waals surface area contributed by atoms with Crippen LogP contribution >= 0.6 is 11.8 Å². The molecular formula is C20H21N5O2S. The number of nitrogens with zero attached hydrogens (tertiary/aromatic N) is 5. The van der Waals surface area contributed by atoms with Crippen LogP contribution in [0.5, 0.6) is 0 Å². The molecule has 1 fully saturated rings. The van der Waals surface area contributed by atoms with E-state index in [1.54, 1.807) is 18.5 Å². The molecule has 144 valence electrons. The van der Waals surface area contributed by atoms with Crippen molar-refractivity contribution in [1.82, 2.24) is 19.9 Å². The van der Waals surface area contributed by atoms with Gasteiger partial charge in [0, 0.05) is 32.4 Å². The van der Waals surface area contributed by atoms with Crippen molar-refractivity contribution < 1.29 is 9.21 Å². The molecule has 4 heterocycles. The van der Waals surface area contributed by atoms with Crippen LogP contribution in [0, 0.1) is 6.92 Å². The van der Waals surface area contributed by atoms with Crippen molar-refractivity contribution in [3.05, 3.63) is 54.0 Å². The summed E-state index contributed by atoms with van der Waals surface area (Å²) in [6.07, 6.45) is 5.30. The fourth-order valence-electron chi connectivity index (χ4n) is 3.29. The minimum absolute atomic E-state index is 0.0199. The van der Waals surface area contributed by atoms with Crippen molar-refractivity contribution in [2.75, 3.05) is 37.3 Å². The summed E-state index contributed by atoms with van der Waals surface area (Å²) in [6.45, 7) is 4.64. The number of carbonyl (C=O) groups excluding carboxylic acids is 1. The first-order chi connectivity index (χ1) is 13.7. The van der Waals surface area contributed by atoms with Gasteiger partial charge in [0.1, 0.15) is 10.8 Å². The highest BCUT2D eigenvalue weighted by molar-refractivity contribution is 7.98.